The molecule has 0 saturated carbocycles. The highest BCUT2D eigenvalue weighted by atomic mass is 16.5. The van der Waals surface area contributed by atoms with Gasteiger partial charge >= 0.3 is 5.97 Å². The van der Waals surface area contributed by atoms with Crippen molar-refractivity contribution in [1.82, 2.24) is 20.1 Å². The molecule has 0 aliphatic carbocycles. The molecule has 0 fully saturated rings. The van der Waals surface area contributed by atoms with Gasteiger partial charge in [-0.2, -0.15) is 5.10 Å². The summed E-state index contributed by atoms with van der Waals surface area (Å²) in [7, 11) is 1.90. The second kappa shape index (κ2) is 10.8. The maximum absolute atomic E-state index is 11.0. The van der Waals surface area contributed by atoms with Crippen LogP contribution in [0.2, 0.25) is 0 Å². The number of fused-ring (bicyclic) bond motifs is 1. The monoisotopic (exact) mass is 497 g/mol. The number of carbonyl (C=O) groups is 1. The summed E-state index contributed by atoms with van der Waals surface area (Å²) in [5.41, 5.74) is 5.98. The summed E-state index contributed by atoms with van der Waals surface area (Å²) in [6, 6.07) is 20.1. The Hall–Kier alpha value is -4.17. The van der Waals surface area contributed by atoms with Crippen LogP contribution in [0, 0.1) is 0 Å². The lowest BCUT2D eigenvalue weighted by Gasteiger charge is -2.34. The molecule has 2 aromatic carbocycles. The second-order valence-corrected chi connectivity index (χ2v) is 9.53. The summed E-state index contributed by atoms with van der Waals surface area (Å²) in [4.78, 5) is 15.6. The summed E-state index contributed by atoms with van der Waals surface area (Å²) < 4.78 is 8.20. The molecular formula is C29H31N5O3. The highest BCUT2D eigenvalue weighted by molar-refractivity contribution is 5.70. The van der Waals surface area contributed by atoms with Crippen LogP contribution in [0.4, 0.5) is 5.69 Å². The lowest BCUT2D eigenvalue weighted by molar-refractivity contribution is -0.136. The summed E-state index contributed by atoms with van der Waals surface area (Å²) >= 11 is 0. The van der Waals surface area contributed by atoms with Crippen molar-refractivity contribution < 1.29 is 14.6 Å². The van der Waals surface area contributed by atoms with E-state index in [9.17, 15) is 4.79 Å². The van der Waals surface area contributed by atoms with Gasteiger partial charge in [-0.25, -0.2) is 4.98 Å². The molecule has 0 unspecified atom stereocenters. The average molecular weight is 498 g/mol. The van der Waals surface area contributed by atoms with Crippen LogP contribution in [0.15, 0.2) is 79.3 Å². The minimum atomic E-state index is -0.821. The average Bonchev–Trinajstić information content (AvgIpc) is 3.35. The van der Waals surface area contributed by atoms with Crippen molar-refractivity contribution in [3.8, 4) is 17.0 Å². The summed E-state index contributed by atoms with van der Waals surface area (Å²) in [5.74, 6) is 0.00130. The van der Waals surface area contributed by atoms with Gasteiger partial charge in [0.25, 0.3) is 0 Å². The second-order valence-electron chi connectivity index (χ2n) is 9.53. The third-order valence-electron chi connectivity index (χ3n) is 6.72. The van der Waals surface area contributed by atoms with E-state index in [4.69, 9.17) is 9.84 Å². The molecule has 0 spiro atoms. The van der Waals surface area contributed by atoms with Gasteiger partial charge < -0.3 is 20.5 Å². The van der Waals surface area contributed by atoms with Crippen molar-refractivity contribution in [2.24, 2.45) is 7.05 Å². The SMILES string of the molecule is C[C@H](CN[C@H](c1ccccc1)[C@@H]1CNc2cc(-c3cnn(C)c3)cnc2O1)c1ccc(CC(=O)O)cc1. The van der Waals surface area contributed by atoms with E-state index in [1.54, 1.807) is 4.68 Å². The number of nitrogens with one attached hydrogen (secondary N) is 2. The first kappa shape index (κ1) is 24.5. The third-order valence-corrected chi connectivity index (χ3v) is 6.72. The number of aryl methyl sites for hydroxylation is 1. The van der Waals surface area contributed by atoms with Gasteiger partial charge in [0.05, 0.1) is 30.9 Å². The van der Waals surface area contributed by atoms with Crippen molar-refractivity contribution in [3.05, 3.63) is 95.9 Å². The molecule has 2 aromatic heterocycles. The van der Waals surface area contributed by atoms with Crippen molar-refractivity contribution in [2.45, 2.75) is 31.4 Å². The van der Waals surface area contributed by atoms with Crippen molar-refractivity contribution in [3.63, 3.8) is 0 Å². The van der Waals surface area contributed by atoms with E-state index >= 15 is 0 Å². The number of nitrogens with zero attached hydrogens (tertiary/aromatic N) is 3. The zero-order valence-electron chi connectivity index (χ0n) is 21.0. The number of carboxylic acids is 1. The molecule has 5 rings (SSSR count). The number of pyridine rings is 1. The highest BCUT2D eigenvalue weighted by Crippen LogP contribution is 2.34. The number of benzene rings is 2. The number of hydrogen-bond donors (Lipinski definition) is 3. The molecule has 3 N–H and O–H groups in total. The fourth-order valence-electron chi connectivity index (χ4n) is 4.67. The van der Waals surface area contributed by atoms with Crippen LogP contribution in [0.3, 0.4) is 0 Å². The van der Waals surface area contributed by atoms with E-state index in [0.717, 1.165) is 40.0 Å². The first-order valence-electron chi connectivity index (χ1n) is 12.4. The zero-order valence-corrected chi connectivity index (χ0v) is 21.0. The minimum absolute atomic E-state index is 0.0360. The molecule has 190 valence electrons. The molecule has 37 heavy (non-hydrogen) atoms. The van der Waals surface area contributed by atoms with Gasteiger partial charge in [-0.3, -0.25) is 9.48 Å². The van der Waals surface area contributed by atoms with Gasteiger partial charge in [0.1, 0.15) is 6.10 Å². The summed E-state index contributed by atoms with van der Waals surface area (Å²) in [6.45, 7) is 3.53. The van der Waals surface area contributed by atoms with E-state index in [0.29, 0.717) is 12.4 Å². The number of anilines is 1. The quantitative estimate of drug-likeness (QED) is 0.315. The fourth-order valence-corrected chi connectivity index (χ4v) is 4.67. The van der Waals surface area contributed by atoms with E-state index in [-0.39, 0.29) is 24.5 Å². The molecule has 0 amide bonds. The smallest absolute Gasteiger partial charge is 0.307 e. The van der Waals surface area contributed by atoms with Crippen LogP contribution < -0.4 is 15.4 Å². The maximum Gasteiger partial charge on any atom is 0.307 e. The van der Waals surface area contributed by atoms with Crippen LogP contribution in [0.1, 0.15) is 35.6 Å². The van der Waals surface area contributed by atoms with Crippen molar-refractivity contribution >= 4 is 11.7 Å². The Labute approximate surface area is 216 Å². The standard InChI is InChI=1S/C29H31N5O3/c1-19(21-10-8-20(9-11-21)12-27(35)36)14-31-28(22-6-4-3-5-7-22)26-17-30-25-13-23(15-32-29(25)37-26)24-16-33-34(2)18-24/h3-11,13,15-16,18-19,26,28,30-31H,12,14,17H2,1-2H3,(H,35,36)/t19-,26+,28-/m1/s1. The Morgan fingerprint density at radius 1 is 1.14 bits per heavy atom. The van der Waals surface area contributed by atoms with E-state index < -0.39 is 5.97 Å². The fraction of sp³-hybridized carbons (Fsp3) is 0.276. The van der Waals surface area contributed by atoms with Crippen LogP contribution in [-0.4, -0.2) is 45.0 Å². The number of rotatable bonds is 9. The lowest BCUT2D eigenvalue weighted by atomic mass is 9.96. The Balaban J connectivity index is 1.30. The van der Waals surface area contributed by atoms with Gasteiger partial charge in [0, 0.05) is 37.1 Å². The number of carboxylic acid groups (broad SMARTS) is 1. The summed E-state index contributed by atoms with van der Waals surface area (Å²) in [5, 5.41) is 20.5. The van der Waals surface area contributed by atoms with Crippen LogP contribution >= 0.6 is 0 Å². The summed E-state index contributed by atoms with van der Waals surface area (Å²) in [6.07, 6.45) is 5.49. The molecule has 8 nitrogen and oxygen atoms in total. The largest absolute Gasteiger partial charge is 0.481 e. The molecule has 1 aliphatic rings. The molecule has 3 atom stereocenters. The molecule has 4 aromatic rings. The highest BCUT2D eigenvalue weighted by Gasteiger charge is 2.30. The van der Waals surface area contributed by atoms with Crippen LogP contribution in [0.25, 0.3) is 11.1 Å². The van der Waals surface area contributed by atoms with E-state index in [2.05, 4.69) is 45.8 Å². The zero-order chi connectivity index (χ0) is 25.8. The normalized spacial score (nSPS) is 16.2. The molecule has 3 heterocycles. The van der Waals surface area contributed by atoms with E-state index in [1.165, 1.54) is 0 Å². The first-order chi connectivity index (χ1) is 18.0. The van der Waals surface area contributed by atoms with Crippen LogP contribution in [0.5, 0.6) is 5.88 Å². The molecule has 8 heteroatoms. The maximum atomic E-state index is 11.0. The number of aliphatic carboxylic acids is 1. The molecule has 0 bridgehead atoms. The molecule has 0 saturated heterocycles. The van der Waals surface area contributed by atoms with Crippen molar-refractivity contribution in [1.29, 1.82) is 0 Å². The predicted molar refractivity (Wildman–Crippen MR) is 143 cm³/mol. The Morgan fingerprint density at radius 3 is 2.62 bits per heavy atom. The van der Waals surface area contributed by atoms with Crippen molar-refractivity contribution in [2.75, 3.05) is 18.4 Å². The topological polar surface area (TPSA) is 101 Å². The number of ether oxygens (including phenoxy) is 1. The molecule has 0 radical (unpaired) electrons. The van der Waals surface area contributed by atoms with Crippen LogP contribution in [-0.2, 0) is 18.3 Å². The number of aromatic nitrogens is 3. The van der Waals surface area contributed by atoms with Gasteiger partial charge in [-0.15, -0.1) is 0 Å². The van der Waals surface area contributed by atoms with E-state index in [1.807, 2.05) is 68.1 Å². The van der Waals surface area contributed by atoms with Gasteiger partial charge in [0.15, 0.2) is 0 Å². The Morgan fingerprint density at radius 2 is 1.92 bits per heavy atom. The Kier molecular flexibility index (Phi) is 7.18. The Bertz CT molecular complexity index is 1350. The van der Waals surface area contributed by atoms with Gasteiger partial charge in [-0.05, 0) is 28.7 Å². The number of hydrogen-bond acceptors (Lipinski definition) is 6. The van der Waals surface area contributed by atoms with Gasteiger partial charge in [0.2, 0.25) is 5.88 Å². The molecule has 1 aliphatic heterocycles. The van der Waals surface area contributed by atoms with Gasteiger partial charge in [-0.1, -0.05) is 61.5 Å². The lowest BCUT2D eigenvalue weighted by Crippen LogP contribution is -2.43. The molecular weight excluding hydrogens is 466 g/mol. The first-order valence-corrected chi connectivity index (χ1v) is 12.4. The predicted octanol–water partition coefficient (Wildman–Crippen LogP) is 4.42. The third kappa shape index (κ3) is 5.81. The minimum Gasteiger partial charge on any atom is -0.481 e.